The average Bonchev–Trinajstić information content (AvgIpc) is 2.77. The van der Waals surface area contributed by atoms with Crippen LogP contribution in [0, 0.1) is 0 Å². The molecule has 0 atom stereocenters. The highest BCUT2D eigenvalue weighted by Crippen LogP contribution is 2.19. The Kier molecular flexibility index (Phi) is 5.96. The molecule has 2 aromatic carbocycles. The van der Waals surface area contributed by atoms with E-state index in [2.05, 4.69) is 9.89 Å². The van der Waals surface area contributed by atoms with Gasteiger partial charge in [-0.25, -0.2) is 4.99 Å². The maximum atomic E-state index is 12.6. The molecule has 1 saturated heterocycles. The molecular formula is C24H24N2O3. The van der Waals surface area contributed by atoms with Crippen LogP contribution in [0.25, 0.3) is 0 Å². The van der Waals surface area contributed by atoms with Crippen molar-refractivity contribution in [3.63, 3.8) is 0 Å². The summed E-state index contributed by atoms with van der Waals surface area (Å²) in [6.07, 6.45) is 6.92. The summed E-state index contributed by atoms with van der Waals surface area (Å²) in [4.78, 5) is 31.2. The number of carbonyl (C=O) groups excluding carboxylic acids is 2. The number of nitrogens with zero attached hydrogens (tertiary/aromatic N) is 2. The Hall–Kier alpha value is -3.05. The predicted octanol–water partition coefficient (Wildman–Crippen LogP) is 3.93. The van der Waals surface area contributed by atoms with Crippen molar-refractivity contribution in [1.29, 1.82) is 0 Å². The Morgan fingerprint density at radius 3 is 2.41 bits per heavy atom. The smallest absolute Gasteiger partial charge is 0.277 e. The van der Waals surface area contributed by atoms with Gasteiger partial charge >= 0.3 is 0 Å². The first-order valence-corrected chi connectivity index (χ1v) is 10.1. The monoisotopic (exact) mass is 388 g/mol. The molecule has 1 heterocycles. The number of hydrogen-bond acceptors (Lipinski definition) is 4. The molecule has 1 aliphatic heterocycles. The molecule has 0 bridgehead atoms. The van der Waals surface area contributed by atoms with Gasteiger partial charge in [-0.05, 0) is 62.3 Å². The molecule has 29 heavy (non-hydrogen) atoms. The summed E-state index contributed by atoms with van der Waals surface area (Å²) < 4.78 is 5.81. The van der Waals surface area contributed by atoms with Gasteiger partial charge in [0, 0.05) is 23.2 Å². The van der Waals surface area contributed by atoms with Crippen molar-refractivity contribution < 1.29 is 14.3 Å². The number of fused-ring (bicyclic) bond motifs is 1. The number of carbonyl (C=O) groups is 2. The maximum absolute atomic E-state index is 12.6. The molecule has 1 fully saturated rings. The van der Waals surface area contributed by atoms with Crippen molar-refractivity contribution in [2.24, 2.45) is 4.99 Å². The highest BCUT2D eigenvalue weighted by molar-refractivity contribution is 6.26. The number of amides is 1. The molecule has 2 aliphatic rings. The quantitative estimate of drug-likeness (QED) is 0.779. The van der Waals surface area contributed by atoms with Gasteiger partial charge in [-0.15, -0.1) is 0 Å². The number of ether oxygens (including phenoxy) is 1. The largest absolute Gasteiger partial charge is 0.492 e. The minimum absolute atomic E-state index is 0.0712. The summed E-state index contributed by atoms with van der Waals surface area (Å²) >= 11 is 0. The third kappa shape index (κ3) is 4.69. The van der Waals surface area contributed by atoms with Crippen LogP contribution in [-0.2, 0) is 0 Å². The minimum atomic E-state index is -0.339. The topological polar surface area (TPSA) is 59.0 Å². The third-order valence-corrected chi connectivity index (χ3v) is 5.31. The molecule has 0 aromatic heterocycles. The zero-order chi connectivity index (χ0) is 20.1. The highest BCUT2D eigenvalue weighted by atomic mass is 16.5. The van der Waals surface area contributed by atoms with E-state index in [1.807, 2.05) is 12.1 Å². The predicted molar refractivity (Wildman–Crippen MR) is 113 cm³/mol. The third-order valence-electron chi connectivity index (χ3n) is 5.31. The number of piperidine rings is 1. The van der Waals surface area contributed by atoms with Gasteiger partial charge in [-0.3, -0.25) is 14.5 Å². The lowest BCUT2D eigenvalue weighted by molar-refractivity contribution is 0.1000. The van der Waals surface area contributed by atoms with E-state index in [1.165, 1.54) is 25.3 Å². The lowest BCUT2D eigenvalue weighted by atomic mass is 9.94. The van der Waals surface area contributed by atoms with Gasteiger partial charge in [0.2, 0.25) is 0 Å². The van der Waals surface area contributed by atoms with Gasteiger partial charge in [-0.1, -0.05) is 30.7 Å². The van der Waals surface area contributed by atoms with Gasteiger partial charge < -0.3 is 4.74 Å². The summed E-state index contributed by atoms with van der Waals surface area (Å²) in [6, 6.07) is 14.3. The zero-order valence-corrected chi connectivity index (χ0v) is 16.3. The molecule has 1 aliphatic carbocycles. The van der Waals surface area contributed by atoms with E-state index < -0.39 is 0 Å². The zero-order valence-electron chi connectivity index (χ0n) is 16.3. The summed E-state index contributed by atoms with van der Waals surface area (Å²) in [7, 11) is 0. The summed E-state index contributed by atoms with van der Waals surface area (Å²) in [5.41, 5.74) is 2.25. The molecule has 0 unspecified atom stereocenters. The van der Waals surface area contributed by atoms with Crippen molar-refractivity contribution in [2.45, 2.75) is 19.3 Å². The second-order valence-corrected chi connectivity index (χ2v) is 7.32. The van der Waals surface area contributed by atoms with Gasteiger partial charge in [0.15, 0.2) is 5.78 Å². The Morgan fingerprint density at radius 2 is 1.66 bits per heavy atom. The van der Waals surface area contributed by atoms with E-state index in [1.54, 1.807) is 42.5 Å². The molecule has 5 heteroatoms. The lowest BCUT2D eigenvalue weighted by Crippen LogP contribution is -2.33. The number of hydrogen-bond donors (Lipinski definition) is 0. The van der Waals surface area contributed by atoms with Crippen LogP contribution in [0.4, 0.5) is 0 Å². The summed E-state index contributed by atoms with van der Waals surface area (Å²) in [5, 5.41) is 0. The lowest BCUT2D eigenvalue weighted by Gasteiger charge is -2.26. The Morgan fingerprint density at radius 1 is 0.931 bits per heavy atom. The first-order chi connectivity index (χ1) is 14.2. The second kappa shape index (κ2) is 8.97. The molecule has 1 amide bonds. The molecular weight excluding hydrogens is 364 g/mol. The standard InChI is InChI=1S/C24H24N2O3/c27-23-13-12-22(20-6-2-3-7-21(20)23)25-24(28)18-8-10-19(11-9-18)29-17-16-26-14-4-1-5-15-26/h2-3,6-13H,1,4-5,14-17H2/b25-22+. The molecule has 2 aromatic rings. The van der Waals surface area contributed by atoms with E-state index in [9.17, 15) is 9.59 Å². The Bertz CT molecular complexity index is 954. The molecule has 0 N–H and O–H groups in total. The normalized spacial score (nSPS) is 17.9. The van der Waals surface area contributed by atoms with Crippen LogP contribution in [0.2, 0.25) is 0 Å². The van der Waals surface area contributed by atoms with Crippen molar-refractivity contribution in [2.75, 3.05) is 26.2 Å². The van der Waals surface area contributed by atoms with Gasteiger partial charge in [0.1, 0.15) is 12.4 Å². The molecule has 0 saturated carbocycles. The number of likely N-dealkylation sites (tertiary alicyclic amines) is 1. The number of allylic oxidation sites excluding steroid dienone is 2. The van der Waals surface area contributed by atoms with Crippen LogP contribution in [0.3, 0.4) is 0 Å². The van der Waals surface area contributed by atoms with E-state index >= 15 is 0 Å². The first kappa shape index (κ1) is 19.3. The van der Waals surface area contributed by atoms with E-state index in [-0.39, 0.29) is 11.7 Å². The summed E-state index contributed by atoms with van der Waals surface area (Å²) in [6.45, 7) is 3.88. The number of aliphatic imine (C=N–C) groups is 1. The van der Waals surface area contributed by atoms with Crippen LogP contribution >= 0.6 is 0 Å². The average molecular weight is 388 g/mol. The van der Waals surface area contributed by atoms with Crippen molar-refractivity contribution in [3.8, 4) is 5.75 Å². The van der Waals surface area contributed by atoms with Crippen LogP contribution in [-0.4, -0.2) is 48.5 Å². The Balaban J connectivity index is 1.39. The fourth-order valence-corrected chi connectivity index (χ4v) is 3.70. The van der Waals surface area contributed by atoms with E-state index in [0.29, 0.717) is 29.0 Å². The SMILES string of the molecule is O=C(/N=C1\C=CC(=O)c2ccccc21)c1ccc(OCCN2CCCCC2)cc1. The number of benzene rings is 2. The first-order valence-electron chi connectivity index (χ1n) is 10.1. The molecule has 148 valence electrons. The van der Waals surface area contributed by atoms with Gasteiger partial charge in [0.05, 0.1) is 5.71 Å². The molecule has 0 spiro atoms. The number of ketones is 1. The van der Waals surface area contributed by atoms with Gasteiger partial charge in [-0.2, -0.15) is 0 Å². The van der Waals surface area contributed by atoms with Crippen molar-refractivity contribution >= 4 is 17.4 Å². The van der Waals surface area contributed by atoms with Crippen LogP contribution in [0.15, 0.2) is 65.7 Å². The Labute approximate surface area is 170 Å². The van der Waals surface area contributed by atoms with Crippen LogP contribution < -0.4 is 4.74 Å². The number of rotatable bonds is 5. The van der Waals surface area contributed by atoms with Crippen molar-refractivity contribution in [1.82, 2.24) is 4.90 Å². The highest BCUT2D eigenvalue weighted by Gasteiger charge is 2.18. The molecule has 4 rings (SSSR count). The van der Waals surface area contributed by atoms with E-state index in [0.717, 1.165) is 25.4 Å². The van der Waals surface area contributed by atoms with Crippen LogP contribution in [0.5, 0.6) is 5.75 Å². The maximum Gasteiger partial charge on any atom is 0.277 e. The minimum Gasteiger partial charge on any atom is -0.492 e. The van der Waals surface area contributed by atoms with Crippen LogP contribution in [0.1, 0.15) is 45.5 Å². The fraction of sp³-hybridized carbons (Fsp3) is 0.292. The fourth-order valence-electron chi connectivity index (χ4n) is 3.70. The second-order valence-electron chi connectivity index (χ2n) is 7.32. The van der Waals surface area contributed by atoms with Gasteiger partial charge in [0.25, 0.3) is 5.91 Å². The summed E-state index contributed by atoms with van der Waals surface area (Å²) in [5.74, 6) is 0.339. The molecule has 0 radical (unpaired) electrons. The molecule has 5 nitrogen and oxygen atoms in total. The van der Waals surface area contributed by atoms with Crippen molar-refractivity contribution in [3.05, 3.63) is 77.4 Å². The van der Waals surface area contributed by atoms with E-state index in [4.69, 9.17) is 4.74 Å².